The van der Waals surface area contributed by atoms with Crippen molar-refractivity contribution in [2.24, 2.45) is 5.92 Å². The van der Waals surface area contributed by atoms with Gasteiger partial charge in [-0.25, -0.2) is 0 Å². The molecule has 4 aromatic rings. The van der Waals surface area contributed by atoms with Gasteiger partial charge in [-0.1, -0.05) is 66.7 Å². The van der Waals surface area contributed by atoms with Gasteiger partial charge in [0.15, 0.2) is 0 Å². The summed E-state index contributed by atoms with van der Waals surface area (Å²) >= 11 is 0. The number of nitrogens with zero attached hydrogens (tertiary/aromatic N) is 3. The molecule has 2 saturated heterocycles. The number of pyridine rings is 1. The molecule has 4 heterocycles. The Kier molecular flexibility index (Phi) is 7.79. The summed E-state index contributed by atoms with van der Waals surface area (Å²) < 4.78 is 0. The zero-order valence-corrected chi connectivity index (χ0v) is 24.7. The van der Waals surface area contributed by atoms with Crippen LogP contribution in [-0.4, -0.2) is 51.6 Å². The van der Waals surface area contributed by atoms with Crippen LogP contribution < -0.4 is 5.32 Å². The van der Waals surface area contributed by atoms with Gasteiger partial charge < -0.3 is 4.90 Å². The van der Waals surface area contributed by atoms with Crippen molar-refractivity contribution >= 4 is 17.7 Å². The van der Waals surface area contributed by atoms with Gasteiger partial charge in [0.2, 0.25) is 11.8 Å². The Hall–Kier alpha value is -4.62. The molecule has 1 N–H and O–H groups in total. The maximum Gasteiger partial charge on any atom is 0.255 e. The molecule has 3 aromatic carbocycles. The molecule has 1 atom stereocenters. The van der Waals surface area contributed by atoms with Crippen molar-refractivity contribution in [2.45, 2.75) is 50.7 Å². The van der Waals surface area contributed by atoms with E-state index in [1.165, 1.54) is 16.7 Å². The number of imide groups is 1. The number of hydrogen-bond acceptors (Lipinski definition) is 5. The summed E-state index contributed by atoms with van der Waals surface area (Å²) in [5, 5.41) is 2.37. The second-order valence-electron chi connectivity index (χ2n) is 12.2. The molecular formula is C37H36N4O3. The molecule has 222 valence electrons. The van der Waals surface area contributed by atoms with Crippen LogP contribution in [-0.2, 0) is 22.7 Å². The molecule has 3 amide bonds. The van der Waals surface area contributed by atoms with Gasteiger partial charge in [-0.2, -0.15) is 0 Å². The van der Waals surface area contributed by atoms with Gasteiger partial charge in [0.05, 0.1) is 5.69 Å². The van der Waals surface area contributed by atoms with Crippen LogP contribution in [0.4, 0.5) is 0 Å². The van der Waals surface area contributed by atoms with E-state index in [1.807, 2.05) is 24.4 Å². The molecule has 0 aliphatic carbocycles. The van der Waals surface area contributed by atoms with Crippen LogP contribution in [0.1, 0.15) is 64.2 Å². The van der Waals surface area contributed by atoms with E-state index in [0.29, 0.717) is 30.4 Å². The van der Waals surface area contributed by atoms with Crippen molar-refractivity contribution < 1.29 is 14.4 Å². The zero-order chi connectivity index (χ0) is 30.0. The lowest BCUT2D eigenvalue weighted by Crippen LogP contribution is -2.52. The van der Waals surface area contributed by atoms with E-state index in [4.69, 9.17) is 0 Å². The Morgan fingerprint density at radius 2 is 1.52 bits per heavy atom. The normalized spacial score (nSPS) is 19.3. The molecule has 1 aromatic heterocycles. The molecule has 7 heteroatoms. The summed E-state index contributed by atoms with van der Waals surface area (Å²) in [6.07, 6.45) is 4.77. The number of nitrogens with one attached hydrogen (secondary N) is 1. The van der Waals surface area contributed by atoms with Crippen LogP contribution in [0, 0.1) is 5.92 Å². The fraction of sp³-hybridized carbons (Fsp3) is 0.297. The molecule has 1 unspecified atom stereocenters. The Morgan fingerprint density at radius 3 is 2.20 bits per heavy atom. The van der Waals surface area contributed by atoms with Crippen LogP contribution in [0.15, 0.2) is 97.2 Å². The second-order valence-corrected chi connectivity index (χ2v) is 12.2. The van der Waals surface area contributed by atoms with Gasteiger partial charge in [-0.15, -0.1) is 0 Å². The Morgan fingerprint density at radius 1 is 0.818 bits per heavy atom. The number of aromatic nitrogens is 1. The molecule has 44 heavy (non-hydrogen) atoms. The van der Waals surface area contributed by atoms with Crippen molar-refractivity contribution in [3.8, 4) is 11.3 Å². The van der Waals surface area contributed by atoms with E-state index >= 15 is 0 Å². The van der Waals surface area contributed by atoms with Crippen molar-refractivity contribution in [1.82, 2.24) is 20.1 Å². The first-order valence-electron chi connectivity index (χ1n) is 15.6. The van der Waals surface area contributed by atoms with Crippen LogP contribution in [0.25, 0.3) is 11.3 Å². The molecular weight excluding hydrogens is 548 g/mol. The highest BCUT2D eigenvalue weighted by molar-refractivity contribution is 6.05. The average molecular weight is 585 g/mol. The fourth-order valence-electron chi connectivity index (χ4n) is 7.22. The van der Waals surface area contributed by atoms with Crippen LogP contribution in [0.5, 0.6) is 0 Å². The van der Waals surface area contributed by atoms with E-state index in [9.17, 15) is 14.4 Å². The maximum absolute atomic E-state index is 13.1. The van der Waals surface area contributed by atoms with Crippen molar-refractivity contribution in [1.29, 1.82) is 0 Å². The van der Waals surface area contributed by atoms with E-state index < -0.39 is 11.9 Å². The van der Waals surface area contributed by atoms with Gasteiger partial charge >= 0.3 is 0 Å². The van der Waals surface area contributed by atoms with Crippen LogP contribution in [0.2, 0.25) is 0 Å². The fourth-order valence-corrected chi connectivity index (χ4v) is 7.22. The van der Waals surface area contributed by atoms with Gasteiger partial charge in [0, 0.05) is 42.8 Å². The predicted octanol–water partition coefficient (Wildman–Crippen LogP) is 5.55. The minimum atomic E-state index is -0.614. The molecule has 3 aliphatic heterocycles. The third kappa shape index (κ3) is 5.67. The number of benzene rings is 3. The molecule has 2 fully saturated rings. The average Bonchev–Trinajstić information content (AvgIpc) is 3.38. The van der Waals surface area contributed by atoms with Crippen molar-refractivity contribution in [3.05, 3.63) is 125 Å². The first-order chi connectivity index (χ1) is 21.5. The van der Waals surface area contributed by atoms with Crippen molar-refractivity contribution in [2.75, 3.05) is 13.1 Å². The maximum atomic E-state index is 13.1. The summed E-state index contributed by atoms with van der Waals surface area (Å²) in [6, 6.07) is 31.3. The number of amides is 3. The first kappa shape index (κ1) is 28.2. The van der Waals surface area contributed by atoms with E-state index in [-0.39, 0.29) is 18.2 Å². The lowest BCUT2D eigenvalue weighted by Gasteiger charge is -2.36. The molecule has 3 aliphatic rings. The van der Waals surface area contributed by atoms with Gasteiger partial charge in [0.1, 0.15) is 6.04 Å². The summed E-state index contributed by atoms with van der Waals surface area (Å²) in [5.41, 5.74) is 7.34. The van der Waals surface area contributed by atoms with E-state index in [2.05, 4.69) is 88.0 Å². The summed E-state index contributed by atoms with van der Waals surface area (Å²) in [4.78, 5) is 45.9. The summed E-state index contributed by atoms with van der Waals surface area (Å²) in [5.74, 6) is 0.170. The highest BCUT2D eigenvalue weighted by atomic mass is 16.2. The zero-order valence-electron chi connectivity index (χ0n) is 24.7. The van der Waals surface area contributed by atoms with E-state index in [0.717, 1.165) is 49.3 Å². The predicted molar refractivity (Wildman–Crippen MR) is 168 cm³/mol. The number of hydrogen-bond donors (Lipinski definition) is 1. The molecule has 7 rings (SSSR count). The minimum absolute atomic E-state index is 0.159. The minimum Gasteiger partial charge on any atom is -0.322 e. The third-order valence-corrected chi connectivity index (χ3v) is 9.47. The third-order valence-electron chi connectivity index (χ3n) is 9.47. The topological polar surface area (TPSA) is 82.6 Å². The van der Waals surface area contributed by atoms with Gasteiger partial charge in [-0.05, 0) is 84.8 Å². The Bertz CT molecular complexity index is 1640. The van der Waals surface area contributed by atoms with E-state index in [1.54, 1.807) is 4.90 Å². The number of carbonyl (C=O) groups is 3. The molecule has 0 bridgehead atoms. The Labute approximate surface area is 257 Å². The molecule has 0 spiro atoms. The molecule has 0 radical (unpaired) electrons. The Balaban J connectivity index is 1.02. The monoisotopic (exact) mass is 584 g/mol. The molecule has 0 saturated carbocycles. The SMILES string of the molecule is O=C1CCC(N2Cc3cc(-c4cc(CN5CCC(C(c6ccccc6)c6ccccc6)CC5)ccn4)ccc3C2=O)C(=O)N1. The number of rotatable bonds is 7. The van der Waals surface area contributed by atoms with Crippen molar-refractivity contribution in [3.63, 3.8) is 0 Å². The lowest BCUT2D eigenvalue weighted by molar-refractivity contribution is -0.136. The first-order valence-corrected chi connectivity index (χ1v) is 15.6. The highest BCUT2D eigenvalue weighted by Crippen LogP contribution is 2.38. The second kappa shape index (κ2) is 12.2. The quantitative estimate of drug-likeness (QED) is 0.288. The summed E-state index contributed by atoms with van der Waals surface area (Å²) in [6.45, 7) is 3.33. The van der Waals surface area contributed by atoms with Gasteiger partial charge in [-0.3, -0.25) is 29.6 Å². The standard InChI is InChI=1S/C37H36N4O3/c42-34-14-13-33(36(43)39-34)41-24-30-22-29(11-12-31(30)37(41)44)32-21-25(15-18-38-32)23-40-19-16-28(17-20-40)35(26-7-3-1-4-8-26)27-9-5-2-6-10-27/h1-12,15,18,21-22,28,33,35H,13-14,16-17,19-20,23-24H2,(H,39,42,43). The number of likely N-dealkylation sites (tertiary alicyclic amines) is 1. The van der Waals surface area contributed by atoms with Crippen LogP contribution in [0.3, 0.4) is 0 Å². The largest absolute Gasteiger partial charge is 0.322 e. The highest BCUT2D eigenvalue weighted by Gasteiger charge is 2.39. The lowest BCUT2D eigenvalue weighted by atomic mass is 9.76. The molecule has 7 nitrogen and oxygen atoms in total. The number of fused-ring (bicyclic) bond motifs is 1. The smallest absolute Gasteiger partial charge is 0.255 e. The van der Waals surface area contributed by atoms with Crippen LogP contribution >= 0.6 is 0 Å². The van der Waals surface area contributed by atoms with Gasteiger partial charge in [0.25, 0.3) is 5.91 Å². The number of carbonyl (C=O) groups excluding carboxylic acids is 3. The number of piperidine rings is 2. The summed E-state index contributed by atoms with van der Waals surface area (Å²) in [7, 11) is 0.